The first-order valence-corrected chi connectivity index (χ1v) is 7.48. The molecule has 0 bridgehead atoms. The van der Waals surface area contributed by atoms with Crippen LogP contribution in [0.1, 0.15) is 23.2 Å². The second kappa shape index (κ2) is 6.05. The summed E-state index contributed by atoms with van der Waals surface area (Å²) in [7, 11) is 1.58. The Morgan fingerprint density at radius 3 is 2.61 bits per heavy atom. The van der Waals surface area contributed by atoms with Crippen LogP contribution < -0.4 is 10.1 Å². The Labute approximate surface area is 132 Å². The number of alkyl halides is 2. The summed E-state index contributed by atoms with van der Waals surface area (Å²) in [6, 6.07) is 6.16. The van der Waals surface area contributed by atoms with E-state index in [4.69, 9.17) is 14.2 Å². The predicted octanol–water partition coefficient (Wildman–Crippen LogP) is 2.01. The maximum atomic E-state index is 12.8. The highest BCUT2D eigenvalue weighted by atomic mass is 19.3. The average molecular weight is 327 g/mol. The van der Waals surface area contributed by atoms with Crippen molar-refractivity contribution in [2.24, 2.45) is 0 Å². The van der Waals surface area contributed by atoms with Gasteiger partial charge in [-0.2, -0.15) is 0 Å². The third-order valence-electron chi connectivity index (χ3n) is 4.07. The van der Waals surface area contributed by atoms with Crippen molar-refractivity contribution in [1.82, 2.24) is 5.32 Å². The molecule has 23 heavy (non-hydrogen) atoms. The molecule has 0 spiro atoms. The van der Waals surface area contributed by atoms with Crippen LogP contribution in [0.4, 0.5) is 8.78 Å². The van der Waals surface area contributed by atoms with E-state index >= 15 is 0 Å². The predicted molar refractivity (Wildman–Crippen MR) is 77.9 cm³/mol. The molecule has 1 aliphatic carbocycles. The molecule has 0 radical (unpaired) electrons. The van der Waals surface area contributed by atoms with Gasteiger partial charge in [0.15, 0.2) is 6.10 Å². The van der Waals surface area contributed by atoms with Crippen LogP contribution in [0.5, 0.6) is 5.75 Å². The summed E-state index contributed by atoms with van der Waals surface area (Å²) < 4.78 is 41.3. The van der Waals surface area contributed by atoms with Crippen LogP contribution in [0.2, 0.25) is 0 Å². The van der Waals surface area contributed by atoms with E-state index in [1.54, 1.807) is 19.2 Å². The van der Waals surface area contributed by atoms with Gasteiger partial charge >= 0.3 is 0 Å². The largest absolute Gasteiger partial charge is 0.484 e. The smallest absolute Gasteiger partial charge is 0.288 e. The zero-order valence-corrected chi connectivity index (χ0v) is 12.8. The fourth-order valence-corrected chi connectivity index (χ4v) is 2.61. The van der Waals surface area contributed by atoms with E-state index in [0.717, 1.165) is 0 Å². The number of carbonyl (C=O) groups excluding carboxylic acids is 1. The van der Waals surface area contributed by atoms with Gasteiger partial charge < -0.3 is 19.5 Å². The van der Waals surface area contributed by atoms with Crippen LogP contribution in [0.3, 0.4) is 0 Å². The van der Waals surface area contributed by atoms with Gasteiger partial charge in [0.05, 0.1) is 25.2 Å². The SMILES string of the molecule is COCC1(NC(=O)c2ccc(OC3CC3(F)F)cc2)CCOC1. The first kappa shape index (κ1) is 16.1. The molecule has 1 saturated carbocycles. The first-order chi connectivity index (χ1) is 10.9. The Morgan fingerprint density at radius 1 is 1.39 bits per heavy atom. The lowest BCUT2D eigenvalue weighted by Crippen LogP contribution is -2.52. The minimum absolute atomic E-state index is 0.254. The van der Waals surface area contributed by atoms with Crippen molar-refractivity contribution < 1.29 is 27.8 Å². The third kappa shape index (κ3) is 3.61. The molecule has 2 aliphatic rings. The fourth-order valence-electron chi connectivity index (χ4n) is 2.61. The lowest BCUT2D eigenvalue weighted by atomic mass is 9.99. The highest BCUT2D eigenvalue weighted by Gasteiger charge is 2.59. The van der Waals surface area contributed by atoms with E-state index in [9.17, 15) is 13.6 Å². The van der Waals surface area contributed by atoms with Gasteiger partial charge in [-0.25, -0.2) is 8.78 Å². The quantitative estimate of drug-likeness (QED) is 0.868. The maximum Gasteiger partial charge on any atom is 0.288 e. The summed E-state index contributed by atoms with van der Waals surface area (Å²) in [5.74, 6) is -2.65. The van der Waals surface area contributed by atoms with E-state index in [0.29, 0.717) is 37.6 Å². The Kier molecular flexibility index (Phi) is 4.25. The maximum absolute atomic E-state index is 12.8. The van der Waals surface area contributed by atoms with Crippen LogP contribution >= 0.6 is 0 Å². The normalized spacial score (nSPS) is 28.4. The number of nitrogens with one attached hydrogen (secondary N) is 1. The van der Waals surface area contributed by atoms with Crippen molar-refractivity contribution in [2.75, 3.05) is 26.9 Å². The molecular formula is C16H19F2NO4. The number of amides is 1. The number of benzene rings is 1. The molecular weight excluding hydrogens is 308 g/mol. The van der Waals surface area contributed by atoms with Gasteiger partial charge in [0.2, 0.25) is 0 Å². The van der Waals surface area contributed by atoms with Crippen LogP contribution in [-0.4, -0.2) is 50.4 Å². The molecule has 2 unspecified atom stereocenters. The van der Waals surface area contributed by atoms with Gasteiger partial charge in [-0.15, -0.1) is 0 Å². The van der Waals surface area contributed by atoms with E-state index in [2.05, 4.69) is 5.32 Å². The fraction of sp³-hybridized carbons (Fsp3) is 0.562. The molecule has 3 rings (SSSR count). The molecule has 1 saturated heterocycles. The van der Waals surface area contributed by atoms with Crippen molar-refractivity contribution in [2.45, 2.75) is 30.4 Å². The molecule has 126 valence electrons. The summed E-state index contributed by atoms with van der Waals surface area (Å²) in [4.78, 5) is 12.3. The molecule has 1 aromatic carbocycles. The van der Waals surface area contributed by atoms with Gasteiger partial charge in [0.25, 0.3) is 11.8 Å². The standard InChI is InChI=1S/C16H19F2NO4/c1-21-9-15(6-7-22-10-15)19-14(20)11-2-4-12(5-3-11)23-13-8-16(13,17)18/h2-5,13H,6-10H2,1H3,(H,19,20). The zero-order chi connectivity index (χ0) is 16.5. The summed E-state index contributed by atoms with van der Waals surface area (Å²) in [5, 5.41) is 2.95. The van der Waals surface area contributed by atoms with E-state index in [1.807, 2.05) is 0 Å². The summed E-state index contributed by atoms with van der Waals surface area (Å²) in [5.41, 5.74) is -0.0841. The molecule has 7 heteroatoms. The minimum Gasteiger partial charge on any atom is -0.484 e. The summed E-state index contributed by atoms with van der Waals surface area (Å²) in [6.45, 7) is 1.35. The van der Waals surface area contributed by atoms with Gasteiger partial charge in [0.1, 0.15) is 5.75 Å². The molecule has 1 aliphatic heterocycles. The monoisotopic (exact) mass is 327 g/mol. The lowest BCUT2D eigenvalue weighted by molar-refractivity contribution is 0.0662. The molecule has 2 atom stereocenters. The Balaban J connectivity index is 1.61. The van der Waals surface area contributed by atoms with E-state index in [-0.39, 0.29) is 12.3 Å². The average Bonchev–Trinajstić information content (AvgIpc) is 2.90. The second-order valence-electron chi connectivity index (χ2n) is 6.07. The third-order valence-corrected chi connectivity index (χ3v) is 4.07. The summed E-state index contributed by atoms with van der Waals surface area (Å²) >= 11 is 0. The Bertz CT molecular complexity index is 570. The number of methoxy groups -OCH3 is 1. The lowest BCUT2D eigenvalue weighted by Gasteiger charge is -2.27. The first-order valence-electron chi connectivity index (χ1n) is 7.48. The van der Waals surface area contributed by atoms with Gasteiger partial charge in [-0.1, -0.05) is 0 Å². The molecule has 1 amide bonds. The van der Waals surface area contributed by atoms with Crippen molar-refractivity contribution in [1.29, 1.82) is 0 Å². The van der Waals surface area contributed by atoms with E-state index < -0.39 is 17.6 Å². The number of hydrogen-bond acceptors (Lipinski definition) is 4. The van der Waals surface area contributed by atoms with Gasteiger partial charge in [-0.3, -0.25) is 4.79 Å². The molecule has 5 nitrogen and oxygen atoms in total. The Morgan fingerprint density at radius 2 is 2.09 bits per heavy atom. The van der Waals surface area contributed by atoms with Crippen LogP contribution in [0.25, 0.3) is 0 Å². The number of halogens is 2. The van der Waals surface area contributed by atoms with Crippen molar-refractivity contribution in [3.8, 4) is 5.75 Å². The van der Waals surface area contributed by atoms with E-state index in [1.165, 1.54) is 12.1 Å². The number of carbonyl (C=O) groups is 1. The van der Waals surface area contributed by atoms with Crippen molar-refractivity contribution in [3.05, 3.63) is 29.8 Å². The summed E-state index contributed by atoms with van der Waals surface area (Å²) in [6.07, 6.45) is -0.623. The molecule has 2 fully saturated rings. The molecule has 1 N–H and O–H groups in total. The zero-order valence-electron chi connectivity index (χ0n) is 12.8. The minimum atomic E-state index is -2.73. The van der Waals surface area contributed by atoms with Gasteiger partial charge in [0, 0.05) is 19.3 Å². The van der Waals surface area contributed by atoms with Crippen LogP contribution in [0, 0.1) is 0 Å². The second-order valence-corrected chi connectivity index (χ2v) is 6.07. The van der Waals surface area contributed by atoms with Gasteiger partial charge in [-0.05, 0) is 30.7 Å². The molecule has 0 aromatic heterocycles. The van der Waals surface area contributed by atoms with Crippen molar-refractivity contribution >= 4 is 5.91 Å². The Hall–Kier alpha value is -1.73. The number of ether oxygens (including phenoxy) is 3. The van der Waals surface area contributed by atoms with Crippen LogP contribution in [-0.2, 0) is 9.47 Å². The molecule has 1 heterocycles. The highest BCUT2D eigenvalue weighted by molar-refractivity contribution is 5.94. The molecule has 1 aromatic rings. The number of rotatable bonds is 6. The van der Waals surface area contributed by atoms with Crippen LogP contribution in [0.15, 0.2) is 24.3 Å². The topological polar surface area (TPSA) is 56.8 Å². The number of hydrogen-bond donors (Lipinski definition) is 1. The van der Waals surface area contributed by atoms with Crippen molar-refractivity contribution in [3.63, 3.8) is 0 Å². The highest BCUT2D eigenvalue weighted by Crippen LogP contribution is 2.44.